The summed E-state index contributed by atoms with van der Waals surface area (Å²) in [4.78, 5) is 24.9. The Morgan fingerprint density at radius 2 is 1.67 bits per heavy atom. The van der Waals surface area contributed by atoms with E-state index < -0.39 is 0 Å². The van der Waals surface area contributed by atoms with Crippen LogP contribution in [0.1, 0.15) is 49.0 Å². The molecule has 0 unspecified atom stereocenters. The molecule has 0 heterocycles. The molecule has 3 aromatic carbocycles. The van der Waals surface area contributed by atoms with Gasteiger partial charge in [0.15, 0.2) is 11.5 Å². The van der Waals surface area contributed by atoms with Gasteiger partial charge in [-0.15, -0.1) is 0 Å². The Bertz CT molecular complexity index is 1180. The van der Waals surface area contributed by atoms with E-state index in [1.54, 1.807) is 42.5 Å². The third kappa shape index (κ3) is 8.18. The van der Waals surface area contributed by atoms with Gasteiger partial charge in [0.05, 0.1) is 23.9 Å². The van der Waals surface area contributed by atoms with Crippen LogP contribution in [0, 0.1) is 0 Å². The lowest BCUT2D eigenvalue weighted by Crippen LogP contribution is -2.13. The molecule has 0 fully saturated rings. The summed E-state index contributed by atoms with van der Waals surface area (Å²) in [5.74, 6) is 1.00. The predicted molar refractivity (Wildman–Crippen MR) is 143 cm³/mol. The number of ether oxygens (including phenoxy) is 3. The Morgan fingerprint density at radius 3 is 2.39 bits per heavy atom. The third-order valence-corrected chi connectivity index (χ3v) is 5.77. The minimum Gasteiger partial charge on any atom is -0.490 e. The van der Waals surface area contributed by atoms with Crippen LogP contribution in [0.25, 0.3) is 0 Å². The smallest absolute Gasteiger partial charge is 0.311 e. The van der Waals surface area contributed by atoms with Gasteiger partial charge < -0.3 is 19.5 Å². The second kappa shape index (κ2) is 13.8. The first kappa shape index (κ1) is 27.4. The van der Waals surface area contributed by atoms with Crippen molar-refractivity contribution < 1.29 is 23.8 Å². The molecule has 8 heteroatoms. The van der Waals surface area contributed by atoms with Crippen LogP contribution in [0.4, 0.5) is 5.69 Å². The Hall–Kier alpha value is -3.22. The van der Waals surface area contributed by atoms with Crippen molar-refractivity contribution in [3.63, 3.8) is 0 Å². The molecule has 0 saturated heterocycles. The van der Waals surface area contributed by atoms with E-state index in [1.165, 1.54) is 0 Å². The van der Waals surface area contributed by atoms with Crippen LogP contribution in [0.2, 0.25) is 10.0 Å². The highest BCUT2D eigenvalue weighted by atomic mass is 35.5. The minimum absolute atomic E-state index is 0.192. The van der Waals surface area contributed by atoms with Crippen molar-refractivity contribution in [2.24, 2.45) is 0 Å². The van der Waals surface area contributed by atoms with Crippen LogP contribution >= 0.6 is 23.2 Å². The first-order valence-corrected chi connectivity index (χ1v) is 12.6. The van der Waals surface area contributed by atoms with Crippen LogP contribution in [0.3, 0.4) is 0 Å². The van der Waals surface area contributed by atoms with E-state index in [1.807, 2.05) is 25.1 Å². The third-order valence-electron chi connectivity index (χ3n) is 5.21. The number of carbonyl (C=O) groups excluding carboxylic acids is 2. The number of esters is 1. The van der Waals surface area contributed by atoms with E-state index in [4.69, 9.17) is 37.4 Å². The maximum Gasteiger partial charge on any atom is 0.311 e. The molecule has 0 aromatic heterocycles. The van der Waals surface area contributed by atoms with Gasteiger partial charge in [0, 0.05) is 17.0 Å². The molecule has 6 nitrogen and oxygen atoms in total. The molecule has 0 saturated carbocycles. The lowest BCUT2D eigenvalue weighted by Gasteiger charge is -2.13. The highest BCUT2D eigenvalue weighted by molar-refractivity contribution is 6.35. The van der Waals surface area contributed by atoms with Crippen molar-refractivity contribution in [3.05, 3.63) is 81.8 Å². The van der Waals surface area contributed by atoms with E-state index in [2.05, 4.69) is 12.2 Å². The second-order valence-corrected chi connectivity index (χ2v) is 8.84. The largest absolute Gasteiger partial charge is 0.490 e. The molecule has 0 aliphatic rings. The van der Waals surface area contributed by atoms with Gasteiger partial charge in [-0.05, 0) is 79.9 Å². The number of carbonyl (C=O) groups is 2. The van der Waals surface area contributed by atoms with E-state index in [-0.39, 0.29) is 18.3 Å². The minimum atomic E-state index is -0.376. The van der Waals surface area contributed by atoms with Gasteiger partial charge in [0.25, 0.3) is 5.91 Å². The average Bonchev–Trinajstić information content (AvgIpc) is 2.87. The van der Waals surface area contributed by atoms with E-state index in [0.29, 0.717) is 58.2 Å². The fraction of sp³-hybridized carbons (Fsp3) is 0.286. The van der Waals surface area contributed by atoms with Crippen LogP contribution in [-0.4, -0.2) is 25.1 Å². The summed E-state index contributed by atoms with van der Waals surface area (Å²) in [6, 6.07) is 16.8. The zero-order valence-corrected chi connectivity index (χ0v) is 21.8. The molecule has 0 bridgehead atoms. The zero-order valence-electron chi connectivity index (χ0n) is 20.3. The molecule has 36 heavy (non-hydrogen) atoms. The monoisotopic (exact) mass is 529 g/mol. The van der Waals surface area contributed by atoms with Crippen molar-refractivity contribution >= 4 is 40.8 Å². The van der Waals surface area contributed by atoms with Crippen molar-refractivity contribution in [2.45, 2.75) is 39.5 Å². The Kier molecular flexibility index (Phi) is 10.5. The van der Waals surface area contributed by atoms with Gasteiger partial charge in [-0.3, -0.25) is 9.59 Å². The highest BCUT2D eigenvalue weighted by Crippen LogP contribution is 2.29. The molecule has 0 radical (unpaired) electrons. The first-order chi connectivity index (χ1) is 17.4. The maximum atomic E-state index is 12.5. The lowest BCUT2D eigenvalue weighted by atomic mass is 10.1. The lowest BCUT2D eigenvalue weighted by molar-refractivity contribution is -0.134. The summed E-state index contributed by atoms with van der Waals surface area (Å²) in [5, 5.41) is 3.56. The molecular weight excluding hydrogens is 501 g/mol. The molecule has 1 N–H and O–H groups in total. The number of hydrogen-bond acceptors (Lipinski definition) is 5. The predicted octanol–water partition coefficient (Wildman–Crippen LogP) is 7.36. The Morgan fingerprint density at radius 1 is 0.889 bits per heavy atom. The average molecular weight is 530 g/mol. The number of halogens is 2. The Labute approximate surface area is 221 Å². The van der Waals surface area contributed by atoms with Gasteiger partial charge in [-0.1, -0.05) is 42.6 Å². The summed E-state index contributed by atoms with van der Waals surface area (Å²) in [6.45, 7) is 5.19. The summed E-state index contributed by atoms with van der Waals surface area (Å²) < 4.78 is 16.9. The van der Waals surface area contributed by atoms with Crippen molar-refractivity contribution in [1.82, 2.24) is 0 Å². The molecule has 0 aliphatic heterocycles. The van der Waals surface area contributed by atoms with E-state index in [0.717, 1.165) is 18.4 Å². The van der Waals surface area contributed by atoms with Crippen molar-refractivity contribution in [1.29, 1.82) is 0 Å². The first-order valence-electron chi connectivity index (χ1n) is 11.8. The highest BCUT2D eigenvalue weighted by Gasteiger charge is 2.12. The fourth-order valence-electron chi connectivity index (χ4n) is 3.31. The molecule has 0 spiro atoms. The van der Waals surface area contributed by atoms with Crippen LogP contribution in [0.15, 0.2) is 60.7 Å². The van der Waals surface area contributed by atoms with Gasteiger partial charge >= 0.3 is 5.97 Å². The number of amides is 1. The van der Waals surface area contributed by atoms with Gasteiger partial charge in [0.2, 0.25) is 0 Å². The number of anilines is 1. The van der Waals surface area contributed by atoms with Crippen LogP contribution in [0.5, 0.6) is 17.2 Å². The normalized spacial score (nSPS) is 10.6. The summed E-state index contributed by atoms with van der Waals surface area (Å²) in [7, 11) is 0. The van der Waals surface area contributed by atoms with E-state index >= 15 is 0 Å². The zero-order chi connectivity index (χ0) is 25.9. The van der Waals surface area contributed by atoms with Crippen molar-refractivity contribution in [2.75, 3.05) is 18.5 Å². The molecule has 3 aromatic rings. The summed E-state index contributed by atoms with van der Waals surface area (Å²) >= 11 is 12.1. The molecule has 0 atom stereocenters. The van der Waals surface area contributed by atoms with Crippen LogP contribution in [-0.2, 0) is 11.2 Å². The molecule has 190 valence electrons. The second-order valence-electron chi connectivity index (χ2n) is 7.99. The quantitative estimate of drug-likeness (QED) is 0.150. The number of hydrogen-bond donors (Lipinski definition) is 1. The number of nitrogens with one attached hydrogen (secondary N) is 1. The van der Waals surface area contributed by atoms with Gasteiger partial charge in [-0.2, -0.15) is 0 Å². The van der Waals surface area contributed by atoms with E-state index in [9.17, 15) is 9.59 Å². The van der Waals surface area contributed by atoms with Gasteiger partial charge in [0.1, 0.15) is 5.75 Å². The summed E-state index contributed by atoms with van der Waals surface area (Å²) in [6.07, 6.45) is 2.71. The van der Waals surface area contributed by atoms with Crippen molar-refractivity contribution in [3.8, 4) is 17.2 Å². The molecular formula is C28H29Cl2NO5. The number of rotatable bonds is 12. The SMILES string of the molecule is CCCCOc1ccc(CCC(=O)Oc2ccc(C(=O)Nc3cc(Cl)ccc3Cl)cc2)cc1OCC. The summed E-state index contributed by atoms with van der Waals surface area (Å²) in [5.41, 5.74) is 1.75. The number of benzene rings is 3. The maximum absolute atomic E-state index is 12.5. The molecule has 0 aliphatic carbocycles. The van der Waals surface area contributed by atoms with Gasteiger partial charge in [-0.25, -0.2) is 0 Å². The standard InChI is InChI=1S/C28H29Cl2NO5/c1-3-5-16-35-25-14-6-19(17-26(25)34-4-2)7-15-27(32)36-22-11-8-20(9-12-22)28(33)31-24-18-21(29)10-13-23(24)30/h6,8-14,17-18H,3-5,7,15-16H2,1-2H3,(H,31,33). The fourth-order valence-corrected chi connectivity index (χ4v) is 3.65. The molecule has 3 rings (SSSR count). The number of aryl methyl sites for hydroxylation is 1. The topological polar surface area (TPSA) is 73.9 Å². The van der Waals surface area contributed by atoms with Crippen LogP contribution < -0.4 is 19.5 Å². The Balaban J connectivity index is 1.53. The molecule has 1 amide bonds. The number of unbranched alkanes of at least 4 members (excludes halogenated alkanes) is 1.